The predicted molar refractivity (Wildman–Crippen MR) is 92.0 cm³/mol. The van der Waals surface area contributed by atoms with Crippen LogP contribution in [0.5, 0.6) is 0 Å². The Balaban J connectivity index is 1.98. The quantitative estimate of drug-likeness (QED) is 0.838. The third-order valence-corrected chi connectivity index (χ3v) is 5.16. The summed E-state index contributed by atoms with van der Waals surface area (Å²) >= 11 is 0. The van der Waals surface area contributed by atoms with Crippen molar-refractivity contribution in [3.63, 3.8) is 0 Å². The maximum absolute atomic E-state index is 6.03. The van der Waals surface area contributed by atoms with Gasteiger partial charge in [-0.1, -0.05) is 19.1 Å². The Bertz CT molecular complexity index is 434. The van der Waals surface area contributed by atoms with Gasteiger partial charge in [-0.2, -0.15) is 0 Å². The Morgan fingerprint density at radius 3 is 2.19 bits per heavy atom. The number of nitrogens with zero attached hydrogens (tertiary/aromatic N) is 2. The maximum Gasteiger partial charge on any atom is 0.0378 e. The Morgan fingerprint density at radius 2 is 1.76 bits per heavy atom. The lowest BCUT2D eigenvalue weighted by molar-refractivity contribution is 0.0683. The first kappa shape index (κ1) is 16.3. The minimum absolute atomic E-state index is 0.278. The summed E-state index contributed by atoms with van der Waals surface area (Å²) < 4.78 is 0. The van der Waals surface area contributed by atoms with E-state index >= 15 is 0 Å². The van der Waals surface area contributed by atoms with Gasteiger partial charge in [-0.25, -0.2) is 0 Å². The standard InChI is InChI=1S/C18H31N3/c1-5-16(19)13-15-7-9-17(10-8-15)21(4)14-18(20(2)3)11-6-12-18/h7-10,16H,5-6,11-14,19H2,1-4H3. The molecule has 2 rings (SSSR count). The van der Waals surface area contributed by atoms with E-state index in [1.54, 1.807) is 0 Å². The third-order valence-electron chi connectivity index (χ3n) is 5.16. The molecule has 0 heterocycles. The van der Waals surface area contributed by atoms with Crippen molar-refractivity contribution in [1.29, 1.82) is 0 Å². The molecule has 1 aromatic carbocycles. The van der Waals surface area contributed by atoms with Crippen molar-refractivity contribution < 1.29 is 0 Å². The van der Waals surface area contributed by atoms with Gasteiger partial charge in [0.05, 0.1) is 0 Å². The summed E-state index contributed by atoms with van der Waals surface area (Å²) in [5.74, 6) is 0. The van der Waals surface area contributed by atoms with Gasteiger partial charge in [-0.05, 0) is 63.9 Å². The van der Waals surface area contributed by atoms with Crippen LogP contribution in [0, 0.1) is 0 Å². The van der Waals surface area contributed by atoms with E-state index in [2.05, 4.69) is 62.1 Å². The van der Waals surface area contributed by atoms with Gasteiger partial charge in [0.2, 0.25) is 0 Å². The molecule has 1 aliphatic carbocycles. The number of benzene rings is 1. The van der Waals surface area contributed by atoms with Gasteiger partial charge in [-0.15, -0.1) is 0 Å². The topological polar surface area (TPSA) is 32.5 Å². The lowest BCUT2D eigenvalue weighted by Gasteiger charge is -2.49. The van der Waals surface area contributed by atoms with Crippen LogP contribution in [-0.4, -0.2) is 44.2 Å². The van der Waals surface area contributed by atoms with E-state index in [9.17, 15) is 0 Å². The molecule has 1 unspecified atom stereocenters. The third kappa shape index (κ3) is 3.78. The van der Waals surface area contributed by atoms with Crippen molar-refractivity contribution in [3.05, 3.63) is 29.8 Å². The molecule has 0 amide bonds. The SMILES string of the molecule is CCC(N)Cc1ccc(N(C)CC2(N(C)C)CCC2)cc1. The highest BCUT2D eigenvalue weighted by atomic mass is 15.2. The van der Waals surface area contributed by atoms with Crippen molar-refractivity contribution in [2.24, 2.45) is 5.73 Å². The average Bonchev–Trinajstić information content (AvgIpc) is 2.42. The van der Waals surface area contributed by atoms with Crippen LogP contribution in [0.4, 0.5) is 5.69 Å². The van der Waals surface area contributed by atoms with Gasteiger partial charge < -0.3 is 15.5 Å². The summed E-state index contributed by atoms with van der Waals surface area (Å²) in [4.78, 5) is 4.80. The molecular formula is C18H31N3. The van der Waals surface area contributed by atoms with Gasteiger partial charge >= 0.3 is 0 Å². The first-order valence-corrected chi connectivity index (χ1v) is 8.20. The molecule has 118 valence electrons. The minimum atomic E-state index is 0.278. The first-order chi connectivity index (χ1) is 9.97. The van der Waals surface area contributed by atoms with Crippen molar-refractivity contribution in [2.45, 2.75) is 50.6 Å². The Labute approximate surface area is 130 Å². The highest BCUT2D eigenvalue weighted by Gasteiger charge is 2.39. The van der Waals surface area contributed by atoms with Gasteiger partial charge in [0, 0.05) is 30.9 Å². The van der Waals surface area contributed by atoms with Gasteiger partial charge in [0.15, 0.2) is 0 Å². The largest absolute Gasteiger partial charge is 0.373 e. The van der Waals surface area contributed by atoms with E-state index in [-0.39, 0.29) is 6.04 Å². The van der Waals surface area contributed by atoms with Crippen molar-refractivity contribution in [1.82, 2.24) is 4.90 Å². The van der Waals surface area contributed by atoms with E-state index in [0.717, 1.165) is 19.4 Å². The highest BCUT2D eigenvalue weighted by molar-refractivity contribution is 5.47. The smallest absolute Gasteiger partial charge is 0.0378 e. The summed E-state index contributed by atoms with van der Waals surface area (Å²) in [5.41, 5.74) is 9.05. The Morgan fingerprint density at radius 1 is 1.14 bits per heavy atom. The van der Waals surface area contributed by atoms with Gasteiger partial charge in [-0.3, -0.25) is 0 Å². The second-order valence-corrected chi connectivity index (χ2v) is 6.87. The molecule has 3 nitrogen and oxygen atoms in total. The number of anilines is 1. The van der Waals surface area contributed by atoms with Gasteiger partial charge in [0.25, 0.3) is 0 Å². The van der Waals surface area contributed by atoms with Crippen molar-refractivity contribution in [2.75, 3.05) is 32.6 Å². The number of likely N-dealkylation sites (N-methyl/N-ethyl adjacent to an activating group) is 2. The molecular weight excluding hydrogens is 258 g/mol. The fourth-order valence-corrected chi connectivity index (χ4v) is 3.20. The highest BCUT2D eigenvalue weighted by Crippen LogP contribution is 2.37. The molecule has 0 aliphatic heterocycles. The monoisotopic (exact) mass is 289 g/mol. The van der Waals surface area contributed by atoms with Crippen LogP contribution in [0.15, 0.2) is 24.3 Å². The van der Waals surface area contributed by atoms with E-state index < -0.39 is 0 Å². The molecule has 0 spiro atoms. The van der Waals surface area contributed by atoms with E-state index in [4.69, 9.17) is 5.73 Å². The molecule has 0 radical (unpaired) electrons. The summed E-state index contributed by atoms with van der Waals surface area (Å²) in [5, 5.41) is 0. The average molecular weight is 289 g/mol. The maximum atomic E-state index is 6.03. The fourth-order valence-electron chi connectivity index (χ4n) is 3.20. The van der Waals surface area contributed by atoms with Gasteiger partial charge in [0.1, 0.15) is 0 Å². The van der Waals surface area contributed by atoms with Crippen LogP contribution in [0.1, 0.15) is 38.2 Å². The lowest BCUT2D eigenvalue weighted by Crippen LogP contribution is -2.56. The minimum Gasteiger partial charge on any atom is -0.373 e. The fraction of sp³-hybridized carbons (Fsp3) is 0.667. The molecule has 0 aromatic heterocycles. The van der Waals surface area contributed by atoms with Crippen LogP contribution < -0.4 is 10.6 Å². The molecule has 1 saturated carbocycles. The predicted octanol–water partition coefficient (Wildman–Crippen LogP) is 2.89. The molecule has 21 heavy (non-hydrogen) atoms. The number of rotatable bonds is 7. The second-order valence-electron chi connectivity index (χ2n) is 6.87. The molecule has 1 atom stereocenters. The Hall–Kier alpha value is -1.06. The van der Waals surface area contributed by atoms with E-state index in [0.29, 0.717) is 5.54 Å². The first-order valence-electron chi connectivity index (χ1n) is 8.20. The second kappa shape index (κ2) is 6.80. The zero-order chi connectivity index (χ0) is 15.5. The molecule has 1 aromatic rings. The molecule has 0 bridgehead atoms. The number of hydrogen-bond donors (Lipinski definition) is 1. The van der Waals surface area contributed by atoms with E-state index in [1.807, 2.05) is 0 Å². The van der Waals surface area contributed by atoms with Crippen molar-refractivity contribution >= 4 is 5.69 Å². The molecule has 1 fully saturated rings. The summed E-state index contributed by atoms with van der Waals surface area (Å²) in [6, 6.07) is 9.20. The molecule has 2 N–H and O–H groups in total. The number of hydrogen-bond acceptors (Lipinski definition) is 3. The van der Waals surface area contributed by atoms with Crippen LogP contribution >= 0.6 is 0 Å². The van der Waals surface area contributed by atoms with E-state index in [1.165, 1.54) is 30.5 Å². The summed E-state index contributed by atoms with van der Waals surface area (Å²) in [6.45, 7) is 3.25. The molecule has 1 aliphatic rings. The molecule has 3 heteroatoms. The normalized spacial score (nSPS) is 18.4. The zero-order valence-electron chi connectivity index (χ0n) is 14.1. The van der Waals surface area contributed by atoms with Crippen LogP contribution in [0.3, 0.4) is 0 Å². The van der Waals surface area contributed by atoms with Crippen LogP contribution in [0.2, 0.25) is 0 Å². The zero-order valence-corrected chi connectivity index (χ0v) is 14.1. The van der Waals surface area contributed by atoms with Crippen LogP contribution in [-0.2, 0) is 6.42 Å². The number of nitrogens with two attached hydrogens (primary N) is 1. The lowest BCUT2D eigenvalue weighted by atomic mass is 9.75. The molecule has 0 saturated heterocycles. The Kier molecular flexibility index (Phi) is 5.28. The summed E-state index contributed by atoms with van der Waals surface area (Å²) in [6.07, 6.45) is 6.00. The van der Waals surface area contributed by atoms with Crippen molar-refractivity contribution in [3.8, 4) is 0 Å². The summed E-state index contributed by atoms with van der Waals surface area (Å²) in [7, 11) is 6.63. The van der Waals surface area contributed by atoms with Crippen LogP contribution in [0.25, 0.3) is 0 Å².